The number of nitrogens with one attached hydrogen (secondary N) is 1. The predicted molar refractivity (Wildman–Crippen MR) is 129 cm³/mol. The van der Waals surface area contributed by atoms with Crippen molar-refractivity contribution in [2.24, 2.45) is 0 Å². The molecule has 1 aliphatic rings. The van der Waals surface area contributed by atoms with Gasteiger partial charge in [-0.2, -0.15) is 13.2 Å². The maximum atomic E-state index is 14.1. The number of anilines is 2. The zero-order valence-electron chi connectivity index (χ0n) is 19.4. The number of nitrogens with zero attached hydrogens (tertiary/aromatic N) is 5. The summed E-state index contributed by atoms with van der Waals surface area (Å²) in [7, 11) is -3.05. The predicted octanol–water partition coefficient (Wildman–Crippen LogP) is 2.60. The van der Waals surface area contributed by atoms with E-state index in [9.17, 15) is 32.3 Å². The molecule has 37 heavy (non-hydrogen) atoms. The first-order chi connectivity index (χ1) is 17.4. The second-order valence-electron chi connectivity index (χ2n) is 8.61. The molecule has 0 atom stereocenters. The van der Waals surface area contributed by atoms with Gasteiger partial charge in [-0.05, 0) is 24.3 Å². The maximum absolute atomic E-state index is 14.1. The standard InChI is InChI=1S/C22H22F3N6O5P/c1-36-14-4-2-3-13(9-14)29-5-7-30(8-6-29)17-11-18-16(10-15(17)22(23,24)25)26-21(32)20-28-27-19(31(18)20)12-37(33,34)35/h2-4,9-11H,5-8,12H2,1H3,(H,26,32)(H2,33,34,35). The summed E-state index contributed by atoms with van der Waals surface area (Å²) in [5, 5.41) is 7.41. The van der Waals surface area contributed by atoms with Gasteiger partial charge in [-0.25, -0.2) is 0 Å². The van der Waals surface area contributed by atoms with Crippen LogP contribution < -0.4 is 20.1 Å². The third-order valence-electron chi connectivity index (χ3n) is 6.23. The number of benzene rings is 2. The lowest BCUT2D eigenvalue weighted by Crippen LogP contribution is -2.47. The van der Waals surface area contributed by atoms with Gasteiger partial charge in [0.25, 0.3) is 5.56 Å². The molecule has 0 unspecified atom stereocenters. The molecular formula is C22H22F3N6O5P. The number of halogens is 3. The van der Waals surface area contributed by atoms with Crippen molar-refractivity contribution in [2.75, 3.05) is 43.1 Å². The summed E-state index contributed by atoms with van der Waals surface area (Å²) in [6.45, 7) is 1.44. The Morgan fingerprint density at radius 3 is 2.43 bits per heavy atom. The van der Waals surface area contributed by atoms with Crippen LogP contribution in [0.2, 0.25) is 0 Å². The molecule has 3 N–H and O–H groups in total. The Kier molecular flexibility index (Phi) is 6.13. The fourth-order valence-corrected chi connectivity index (χ4v) is 5.12. The van der Waals surface area contributed by atoms with Gasteiger partial charge in [0.05, 0.1) is 29.4 Å². The van der Waals surface area contributed by atoms with Crippen LogP contribution in [0.15, 0.2) is 41.2 Å². The van der Waals surface area contributed by atoms with Gasteiger partial charge in [0.1, 0.15) is 17.7 Å². The first-order valence-electron chi connectivity index (χ1n) is 11.1. The molecule has 2 aromatic heterocycles. The Morgan fingerprint density at radius 1 is 1.08 bits per heavy atom. The molecule has 0 radical (unpaired) electrons. The van der Waals surface area contributed by atoms with Crippen LogP contribution in [-0.2, 0) is 16.9 Å². The molecule has 4 aromatic rings. The van der Waals surface area contributed by atoms with Gasteiger partial charge >= 0.3 is 13.8 Å². The van der Waals surface area contributed by atoms with E-state index in [-0.39, 0.29) is 41.3 Å². The van der Waals surface area contributed by atoms with Crippen LogP contribution in [0.1, 0.15) is 11.4 Å². The van der Waals surface area contributed by atoms with Crippen molar-refractivity contribution in [3.63, 3.8) is 0 Å². The quantitative estimate of drug-likeness (QED) is 0.328. The van der Waals surface area contributed by atoms with Gasteiger partial charge in [0.2, 0.25) is 5.65 Å². The summed E-state index contributed by atoms with van der Waals surface area (Å²) >= 11 is 0. The molecule has 0 spiro atoms. The van der Waals surface area contributed by atoms with Crippen molar-refractivity contribution in [1.29, 1.82) is 0 Å². The van der Waals surface area contributed by atoms with Gasteiger partial charge in [-0.15, -0.1) is 10.2 Å². The van der Waals surface area contributed by atoms with Crippen LogP contribution >= 0.6 is 7.60 Å². The van der Waals surface area contributed by atoms with Crippen LogP contribution in [0, 0.1) is 0 Å². The number of piperazine rings is 1. The average molecular weight is 538 g/mol. The fourth-order valence-electron chi connectivity index (χ4n) is 4.55. The summed E-state index contributed by atoms with van der Waals surface area (Å²) in [6.07, 6.45) is -5.55. The average Bonchev–Trinajstić information content (AvgIpc) is 3.26. The van der Waals surface area contributed by atoms with E-state index in [1.807, 2.05) is 23.1 Å². The molecular weight excluding hydrogens is 516 g/mol. The van der Waals surface area contributed by atoms with E-state index >= 15 is 0 Å². The summed E-state index contributed by atoms with van der Waals surface area (Å²) in [5.41, 5.74) is -1.32. The number of aromatic amines is 1. The zero-order chi connectivity index (χ0) is 26.5. The topological polar surface area (TPSA) is 136 Å². The smallest absolute Gasteiger partial charge is 0.418 e. The Balaban J connectivity index is 1.59. The lowest BCUT2D eigenvalue weighted by Gasteiger charge is -2.38. The molecule has 2 aromatic carbocycles. The van der Waals surface area contributed by atoms with E-state index in [0.29, 0.717) is 18.8 Å². The third kappa shape index (κ3) is 4.87. The van der Waals surface area contributed by atoms with Crippen LogP contribution in [0.25, 0.3) is 16.7 Å². The Labute approximate surface area is 207 Å². The lowest BCUT2D eigenvalue weighted by atomic mass is 10.1. The zero-order valence-corrected chi connectivity index (χ0v) is 20.3. The Bertz CT molecular complexity index is 1590. The lowest BCUT2D eigenvalue weighted by molar-refractivity contribution is -0.137. The highest BCUT2D eigenvalue weighted by molar-refractivity contribution is 7.50. The van der Waals surface area contributed by atoms with E-state index in [1.54, 1.807) is 18.1 Å². The number of hydrogen-bond donors (Lipinski definition) is 3. The highest BCUT2D eigenvalue weighted by atomic mass is 31.2. The van der Waals surface area contributed by atoms with Crippen LogP contribution in [0.5, 0.6) is 5.75 Å². The normalized spacial score (nSPS) is 15.1. The summed E-state index contributed by atoms with van der Waals surface area (Å²) < 4.78 is 60.4. The van der Waals surface area contributed by atoms with E-state index in [4.69, 9.17) is 4.74 Å². The third-order valence-corrected chi connectivity index (χ3v) is 6.92. The number of aromatic nitrogens is 4. The minimum Gasteiger partial charge on any atom is -0.497 e. The second-order valence-corrected chi connectivity index (χ2v) is 10.3. The van der Waals surface area contributed by atoms with Crippen molar-refractivity contribution in [2.45, 2.75) is 12.3 Å². The molecule has 196 valence electrons. The highest BCUT2D eigenvalue weighted by Crippen LogP contribution is 2.41. The minimum absolute atomic E-state index is 0.0984. The summed E-state index contributed by atoms with van der Waals surface area (Å²) in [5.74, 6) is 0.444. The van der Waals surface area contributed by atoms with Crippen LogP contribution in [0.4, 0.5) is 24.5 Å². The van der Waals surface area contributed by atoms with Crippen molar-refractivity contribution >= 4 is 35.7 Å². The first-order valence-corrected chi connectivity index (χ1v) is 12.9. The molecule has 0 saturated carbocycles. The monoisotopic (exact) mass is 538 g/mol. The number of rotatable bonds is 5. The van der Waals surface area contributed by atoms with Crippen molar-refractivity contribution in [3.05, 3.63) is 58.1 Å². The Morgan fingerprint density at radius 2 is 1.78 bits per heavy atom. The molecule has 1 saturated heterocycles. The summed E-state index contributed by atoms with van der Waals surface area (Å²) in [4.78, 5) is 37.3. The highest BCUT2D eigenvalue weighted by Gasteiger charge is 2.37. The number of ether oxygens (including phenoxy) is 1. The van der Waals surface area contributed by atoms with Crippen molar-refractivity contribution < 1.29 is 32.3 Å². The maximum Gasteiger partial charge on any atom is 0.418 e. The fraction of sp³-hybridized carbons (Fsp3) is 0.318. The molecule has 1 fully saturated rings. The SMILES string of the molecule is COc1cccc(N2CCN(c3cc4c(cc3C(F)(F)F)[nH]c(=O)c3nnc(CP(=O)(O)O)n34)CC2)c1. The number of fused-ring (bicyclic) bond motifs is 3. The van der Waals surface area contributed by atoms with E-state index in [0.717, 1.165) is 16.2 Å². The number of H-pyrrole nitrogens is 1. The largest absolute Gasteiger partial charge is 0.497 e. The van der Waals surface area contributed by atoms with E-state index in [2.05, 4.69) is 15.2 Å². The van der Waals surface area contributed by atoms with Gasteiger partial charge < -0.3 is 29.3 Å². The molecule has 0 amide bonds. The number of hydrogen-bond acceptors (Lipinski definition) is 7. The van der Waals surface area contributed by atoms with Crippen molar-refractivity contribution in [1.82, 2.24) is 19.6 Å². The van der Waals surface area contributed by atoms with E-state index < -0.39 is 31.1 Å². The van der Waals surface area contributed by atoms with Gasteiger partial charge in [-0.1, -0.05) is 6.07 Å². The Hall–Kier alpha value is -3.61. The van der Waals surface area contributed by atoms with Gasteiger partial charge in [0.15, 0.2) is 0 Å². The molecule has 3 heterocycles. The second kappa shape index (κ2) is 9.05. The molecule has 5 rings (SSSR count). The molecule has 11 nitrogen and oxygen atoms in total. The summed E-state index contributed by atoms with van der Waals surface area (Å²) in [6, 6.07) is 9.49. The molecule has 0 bridgehead atoms. The van der Waals surface area contributed by atoms with Crippen LogP contribution in [-0.4, -0.2) is 62.7 Å². The van der Waals surface area contributed by atoms with Gasteiger partial charge in [0, 0.05) is 37.9 Å². The molecule has 0 aliphatic carbocycles. The molecule has 1 aliphatic heterocycles. The number of methoxy groups -OCH3 is 1. The number of alkyl halides is 3. The van der Waals surface area contributed by atoms with Crippen LogP contribution in [0.3, 0.4) is 0 Å². The van der Waals surface area contributed by atoms with Gasteiger partial charge in [-0.3, -0.25) is 13.8 Å². The first kappa shape index (κ1) is 25.1. The molecule has 15 heteroatoms. The van der Waals surface area contributed by atoms with Crippen molar-refractivity contribution in [3.8, 4) is 5.75 Å². The van der Waals surface area contributed by atoms with E-state index in [1.165, 1.54) is 6.07 Å². The minimum atomic E-state index is -4.72.